The van der Waals surface area contributed by atoms with Crippen molar-refractivity contribution < 1.29 is 4.79 Å². The Morgan fingerprint density at radius 2 is 2.19 bits per heavy atom. The molecule has 2 aromatic rings. The van der Waals surface area contributed by atoms with Gasteiger partial charge >= 0.3 is 0 Å². The summed E-state index contributed by atoms with van der Waals surface area (Å²) >= 11 is 3.44. The van der Waals surface area contributed by atoms with Crippen LogP contribution in [0, 0.1) is 0 Å². The molecule has 0 spiro atoms. The Morgan fingerprint density at radius 1 is 1.33 bits per heavy atom. The van der Waals surface area contributed by atoms with Crippen molar-refractivity contribution in [2.75, 3.05) is 11.1 Å². The molecule has 0 saturated heterocycles. The SMILES string of the molecule is O=C1CSC(c2cccs2)c2cnn(C3CCCC3)c2N1. The van der Waals surface area contributed by atoms with Crippen LogP contribution >= 0.6 is 23.1 Å². The second-order valence-corrected chi connectivity index (χ2v) is 7.66. The molecule has 1 N–H and O–H groups in total. The molecule has 1 aliphatic carbocycles. The van der Waals surface area contributed by atoms with Gasteiger partial charge in [-0.2, -0.15) is 5.10 Å². The van der Waals surface area contributed by atoms with Crippen LogP contribution in [0.3, 0.4) is 0 Å². The highest BCUT2D eigenvalue weighted by Crippen LogP contribution is 2.44. The van der Waals surface area contributed by atoms with Gasteiger partial charge in [0.25, 0.3) is 0 Å². The summed E-state index contributed by atoms with van der Waals surface area (Å²) in [5, 5.41) is 10.0. The van der Waals surface area contributed by atoms with E-state index in [2.05, 4.69) is 32.6 Å². The second kappa shape index (κ2) is 5.50. The maximum absolute atomic E-state index is 12.1. The maximum atomic E-state index is 12.1. The highest BCUT2D eigenvalue weighted by atomic mass is 32.2. The number of anilines is 1. The van der Waals surface area contributed by atoms with Crippen molar-refractivity contribution >= 4 is 34.8 Å². The smallest absolute Gasteiger partial charge is 0.235 e. The van der Waals surface area contributed by atoms with Crippen LogP contribution in [0.4, 0.5) is 5.82 Å². The zero-order valence-corrected chi connectivity index (χ0v) is 13.3. The molecule has 4 rings (SSSR count). The van der Waals surface area contributed by atoms with Gasteiger partial charge in [-0.05, 0) is 24.3 Å². The Kier molecular flexibility index (Phi) is 3.51. The van der Waals surface area contributed by atoms with Crippen LogP contribution in [-0.2, 0) is 4.79 Å². The van der Waals surface area contributed by atoms with Crippen LogP contribution in [0.25, 0.3) is 0 Å². The van der Waals surface area contributed by atoms with Gasteiger partial charge in [-0.3, -0.25) is 4.79 Å². The van der Waals surface area contributed by atoms with E-state index in [1.165, 1.54) is 30.6 Å². The predicted molar refractivity (Wildman–Crippen MR) is 87.0 cm³/mol. The normalized spacial score (nSPS) is 22.9. The van der Waals surface area contributed by atoms with Crippen molar-refractivity contribution in [1.29, 1.82) is 0 Å². The third-order valence-corrected chi connectivity index (χ3v) is 6.57. The average molecular weight is 319 g/mol. The third-order valence-electron chi connectivity index (χ3n) is 4.22. The number of fused-ring (bicyclic) bond motifs is 1. The highest BCUT2D eigenvalue weighted by Gasteiger charge is 2.30. The standard InChI is InChI=1S/C15H17N3OS2/c19-13-9-21-14(12-6-3-7-20-12)11-8-16-18(15(11)17-13)10-4-1-2-5-10/h3,6-8,10,14H,1-2,4-5,9H2,(H,17,19). The van der Waals surface area contributed by atoms with E-state index in [0.29, 0.717) is 11.8 Å². The number of hydrogen-bond donors (Lipinski definition) is 1. The summed E-state index contributed by atoms with van der Waals surface area (Å²) in [5.74, 6) is 1.51. The number of nitrogens with zero attached hydrogens (tertiary/aromatic N) is 2. The number of thioether (sulfide) groups is 1. The first kappa shape index (κ1) is 13.4. The summed E-state index contributed by atoms with van der Waals surface area (Å²) in [6.45, 7) is 0. The Labute approximate surface area is 131 Å². The minimum Gasteiger partial charge on any atom is -0.310 e. The second-order valence-electron chi connectivity index (χ2n) is 5.59. The van der Waals surface area contributed by atoms with Gasteiger partial charge in [0, 0.05) is 10.4 Å². The van der Waals surface area contributed by atoms with Crippen molar-refractivity contribution in [1.82, 2.24) is 9.78 Å². The van der Waals surface area contributed by atoms with Crippen molar-refractivity contribution in [2.24, 2.45) is 0 Å². The van der Waals surface area contributed by atoms with E-state index < -0.39 is 0 Å². The van der Waals surface area contributed by atoms with Gasteiger partial charge in [-0.1, -0.05) is 18.9 Å². The molecule has 1 atom stereocenters. The number of nitrogens with one attached hydrogen (secondary N) is 1. The Hall–Kier alpha value is -1.27. The molecule has 3 heterocycles. The summed E-state index contributed by atoms with van der Waals surface area (Å²) in [5.41, 5.74) is 1.15. The summed E-state index contributed by atoms with van der Waals surface area (Å²) in [4.78, 5) is 13.4. The van der Waals surface area contributed by atoms with E-state index >= 15 is 0 Å². The lowest BCUT2D eigenvalue weighted by atomic mass is 10.2. The molecule has 1 fully saturated rings. The summed E-state index contributed by atoms with van der Waals surface area (Å²) in [7, 11) is 0. The minimum atomic E-state index is 0.0834. The van der Waals surface area contributed by atoms with E-state index in [9.17, 15) is 4.79 Å². The van der Waals surface area contributed by atoms with Crippen LogP contribution < -0.4 is 5.32 Å². The Morgan fingerprint density at radius 3 is 2.95 bits per heavy atom. The summed E-state index contributed by atoms with van der Waals surface area (Å²) in [6.07, 6.45) is 6.81. The molecule has 1 saturated carbocycles. The van der Waals surface area contributed by atoms with Crippen LogP contribution in [0.2, 0.25) is 0 Å². The monoisotopic (exact) mass is 319 g/mol. The number of carbonyl (C=O) groups is 1. The van der Waals surface area contributed by atoms with Crippen molar-refractivity contribution in [3.63, 3.8) is 0 Å². The fourth-order valence-corrected chi connectivity index (χ4v) is 5.29. The highest BCUT2D eigenvalue weighted by molar-refractivity contribution is 8.00. The summed E-state index contributed by atoms with van der Waals surface area (Å²) < 4.78 is 2.06. The van der Waals surface area contributed by atoms with E-state index in [0.717, 1.165) is 11.4 Å². The zero-order chi connectivity index (χ0) is 14.2. The number of aromatic nitrogens is 2. The third kappa shape index (κ3) is 2.40. The first-order valence-corrected chi connectivity index (χ1v) is 9.28. The molecule has 1 unspecified atom stereocenters. The number of thiophene rings is 1. The fourth-order valence-electron chi connectivity index (χ4n) is 3.22. The van der Waals surface area contributed by atoms with Crippen LogP contribution in [0.5, 0.6) is 0 Å². The molecule has 2 aromatic heterocycles. The molecule has 6 heteroatoms. The van der Waals surface area contributed by atoms with Gasteiger partial charge in [0.05, 0.1) is 23.2 Å². The minimum absolute atomic E-state index is 0.0834. The predicted octanol–water partition coefficient (Wildman–Crippen LogP) is 3.83. The average Bonchev–Trinajstić information content (AvgIpc) is 3.19. The number of hydrogen-bond acceptors (Lipinski definition) is 4. The molecule has 1 aliphatic heterocycles. The Balaban J connectivity index is 1.77. The van der Waals surface area contributed by atoms with Gasteiger partial charge in [0.2, 0.25) is 5.91 Å². The van der Waals surface area contributed by atoms with Gasteiger partial charge < -0.3 is 5.32 Å². The number of carbonyl (C=O) groups excluding carboxylic acids is 1. The first-order chi connectivity index (χ1) is 10.3. The molecule has 1 amide bonds. The van der Waals surface area contributed by atoms with Crippen LogP contribution in [0.15, 0.2) is 23.7 Å². The van der Waals surface area contributed by atoms with Gasteiger partial charge in [-0.25, -0.2) is 4.68 Å². The summed E-state index contributed by atoms with van der Waals surface area (Å²) in [6, 6.07) is 4.66. The quantitative estimate of drug-likeness (QED) is 0.915. The van der Waals surface area contributed by atoms with E-state index in [1.54, 1.807) is 23.1 Å². The molecule has 4 nitrogen and oxygen atoms in total. The molecule has 0 radical (unpaired) electrons. The number of rotatable bonds is 2. The van der Waals surface area contributed by atoms with Crippen LogP contribution in [-0.4, -0.2) is 21.4 Å². The van der Waals surface area contributed by atoms with Crippen molar-refractivity contribution in [3.8, 4) is 0 Å². The van der Waals surface area contributed by atoms with E-state index in [-0.39, 0.29) is 11.2 Å². The molecule has 21 heavy (non-hydrogen) atoms. The van der Waals surface area contributed by atoms with Gasteiger partial charge in [-0.15, -0.1) is 23.1 Å². The fraction of sp³-hybridized carbons (Fsp3) is 0.467. The topological polar surface area (TPSA) is 46.9 Å². The van der Waals surface area contributed by atoms with Crippen LogP contribution in [0.1, 0.15) is 47.4 Å². The lowest BCUT2D eigenvalue weighted by Crippen LogP contribution is -2.18. The zero-order valence-electron chi connectivity index (χ0n) is 11.6. The maximum Gasteiger partial charge on any atom is 0.235 e. The van der Waals surface area contributed by atoms with Gasteiger partial charge in [0.1, 0.15) is 5.82 Å². The number of amides is 1. The first-order valence-electron chi connectivity index (χ1n) is 7.35. The largest absolute Gasteiger partial charge is 0.310 e. The molecular formula is C15H17N3OS2. The molecule has 2 aliphatic rings. The molecule has 110 valence electrons. The van der Waals surface area contributed by atoms with Gasteiger partial charge in [0.15, 0.2) is 0 Å². The molecule has 0 bridgehead atoms. The lowest BCUT2D eigenvalue weighted by Gasteiger charge is -2.15. The van der Waals surface area contributed by atoms with Crippen molar-refractivity contribution in [2.45, 2.75) is 37.0 Å². The lowest BCUT2D eigenvalue weighted by molar-refractivity contribution is -0.113. The van der Waals surface area contributed by atoms with Crippen molar-refractivity contribution in [3.05, 3.63) is 34.2 Å². The van der Waals surface area contributed by atoms with E-state index in [1.807, 2.05) is 6.20 Å². The Bertz CT molecular complexity index is 644. The molecule has 0 aromatic carbocycles. The van der Waals surface area contributed by atoms with E-state index in [4.69, 9.17) is 0 Å². The molecular weight excluding hydrogens is 302 g/mol.